The molecule has 1 aromatic carbocycles. The molecule has 1 rings (SSSR count). The maximum absolute atomic E-state index is 13.2. The molecule has 0 amide bonds. The molecule has 78 valence electrons. The highest BCUT2D eigenvalue weighted by Crippen LogP contribution is 2.27. The Labute approximate surface area is 88.0 Å². The summed E-state index contributed by atoms with van der Waals surface area (Å²) in [6.07, 6.45) is 1.75. The quantitative estimate of drug-likeness (QED) is 0.764. The highest BCUT2D eigenvalue weighted by Gasteiger charge is 2.10. The molecule has 0 spiro atoms. The molecule has 4 N–H and O–H groups in total. The van der Waals surface area contributed by atoms with E-state index in [1.807, 2.05) is 6.92 Å². The second kappa shape index (κ2) is 4.62. The minimum atomic E-state index is -0.501. The van der Waals surface area contributed by atoms with Crippen LogP contribution in [0.25, 0.3) is 0 Å². The van der Waals surface area contributed by atoms with E-state index in [0.29, 0.717) is 5.56 Å². The number of halogens is 2. The molecule has 0 aliphatic rings. The van der Waals surface area contributed by atoms with Gasteiger partial charge in [0.2, 0.25) is 0 Å². The van der Waals surface area contributed by atoms with Crippen molar-refractivity contribution in [1.29, 1.82) is 0 Å². The van der Waals surface area contributed by atoms with E-state index < -0.39 is 5.82 Å². The topological polar surface area (TPSA) is 52.0 Å². The van der Waals surface area contributed by atoms with E-state index in [1.54, 1.807) is 6.07 Å². The molecular formula is C10H14ClFN2. The lowest BCUT2D eigenvalue weighted by Crippen LogP contribution is -2.10. The molecule has 0 saturated heterocycles. The van der Waals surface area contributed by atoms with Gasteiger partial charge in [-0.25, -0.2) is 4.39 Å². The molecule has 1 aromatic rings. The van der Waals surface area contributed by atoms with E-state index >= 15 is 0 Å². The van der Waals surface area contributed by atoms with Gasteiger partial charge in [-0.1, -0.05) is 24.9 Å². The maximum atomic E-state index is 13.2. The first-order valence-electron chi connectivity index (χ1n) is 4.56. The van der Waals surface area contributed by atoms with Gasteiger partial charge in [-0.3, -0.25) is 0 Å². The Hall–Kier alpha value is -0.800. The van der Waals surface area contributed by atoms with Crippen molar-refractivity contribution < 1.29 is 4.39 Å². The van der Waals surface area contributed by atoms with Crippen molar-refractivity contribution in [2.24, 2.45) is 5.73 Å². The van der Waals surface area contributed by atoms with Gasteiger partial charge in [0.15, 0.2) is 0 Å². The molecule has 0 radical (unpaired) electrons. The molecule has 0 unspecified atom stereocenters. The van der Waals surface area contributed by atoms with E-state index in [9.17, 15) is 4.39 Å². The Morgan fingerprint density at radius 1 is 1.50 bits per heavy atom. The van der Waals surface area contributed by atoms with Crippen LogP contribution in [0.4, 0.5) is 10.1 Å². The summed E-state index contributed by atoms with van der Waals surface area (Å²) in [5, 5.41) is 0.228. The summed E-state index contributed by atoms with van der Waals surface area (Å²) < 4.78 is 13.2. The van der Waals surface area contributed by atoms with Gasteiger partial charge in [0.05, 0.1) is 10.7 Å². The fraction of sp³-hybridized carbons (Fsp3) is 0.400. The minimum absolute atomic E-state index is 0.0147. The van der Waals surface area contributed by atoms with Crippen LogP contribution < -0.4 is 11.5 Å². The lowest BCUT2D eigenvalue weighted by atomic mass is 10.0. The summed E-state index contributed by atoms with van der Waals surface area (Å²) in [7, 11) is 0. The van der Waals surface area contributed by atoms with E-state index in [1.165, 1.54) is 6.07 Å². The lowest BCUT2D eigenvalue weighted by molar-refractivity contribution is 0.608. The number of rotatable bonds is 3. The fourth-order valence-electron chi connectivity index (χ4n) is 1.30. The molecule has 0 bridgehead atoms. The number of nitrogen functional groups attached to an aromatic ring is 1. The van der Waals surface area contributed by atoms with Crippen molar-refractivity contribution in [3.05, 3.63) is 28.5 Å². The average molecular weight is 217 g/mol. The third kappa shape index (κ3) is 2.36. The molecule has 0 aliphatic heterocycles. The Morgan fingerprint density at radius 3 is 2.64 bits per heavy atom. The zero-order valence-corrected chi connectivity index (χ0v) is 8.81. The van der Waals surface area contributed by atoms with E-state index in [2.05, 4.69) is 0 Å². The fourth-order valence-corrected chi connectivity index (χ4v) is 1.51. The molecule has 0 saturated carbocycles. The highest BCUT2D eigenvalue weighted by atomic mass is 35.5. The molecule has 2 nitrogen and oxygen atoms in total. The third-order valence-corrected chi connectivity index (χ3v) is 2.44. The predicted molar refractivity (Wildman–Crippen MR) is 57.7 cm³/mol. The molecule has 1 atom stereocenters. The standard InChI is InChI=1S/C10H14ClFN2/c1-2-3-9(13)6-4-7(11)10(14)8(12)5-6/h4-5,9H,2-3,13-14H2,1H3/t9-/m0/s1. The van der Waals surface area contributed by atoms with Crippen molar-refractivity contribution in [2.45, 2.75) is 25.8 Å². The van der Waals surface area contributed by atoms with Crippen molar-refractivity contribution in [3.63, 3.8) is 0 Å². The zero-order valence-electron chi connectivity index (χ0n) is 8.06. The number of hydrogen-bond acceptors (Lipinski definition) is 2. The van der Waals surface area contributed by atoms with Gasteiger partial charge >= 0.3 is 0 Å². The van der Waals surface area contributed by atoms with Crippen LogP contribution in [0.3, 0.4) is 0 Å². The van der Waals surface area contributed by atoms with Crippen LogP contribution in [0.5, 0.6) is 0 Å². The molecule has 4 heteroatoms. The summed E-state index contributed by atoms with van der Waals surface area (Å²) in [6, 6.07) is 2.80. The maximum Gasteiger partial charge on any atom is 0.147 e. The van der Waals surface area contributed by atoms with Crippen LogP contribution in [0, 0.1) is 5.82 Å². The van der Waals surface area contributed by atoms with Crippen molar-refractivity contribution in [1.82, 2.24) is 0 Å². The zero-order chi connectivity index (χ0) is 10.7. The van der Waals surface area contributed by atoms with Gasteiger partial charge in [-0.15, -0.1) is 0 Å². The van der Waals surface area contributed by atoms with E-state index in [-0.39, 0.29) is 16.8 Å². The number of benzene rings is 1. The Kier molecular flexibility index (Phi) is 3.72. The molecule has 0 fully saturated rings. The predicted octanol–water partition coefficient (Wildman–Crippen LogP) is 2.86. The number of hydrogen-bond donors (Lipinski definition) is 2. The smallest absolute Gasteiger partial charge is 0.147 e. The summed E-state index contributed by atoms with van der Waals surface area (Å²) in [6.45, 7) is 2.02. The largest absolute Gasteiger partial charge is 0.395 e. The van der Waals surface area contributed by atoms with Gasteiger partial charge in [0.1, 0.15) is 5.82 Å². The number of nitrogens with two attached hydrogens (primary N) is 2. The van der Waals surface area contributed by atoms with E-state index in [0.717, 1.165) is 12.8 Å². The van der Waals surface area contributed by atoms with Gasteiger partial charge in [-0.05, 0) is 24.1 Å². The van der Waals surface area contributed by atoms with Crippen LogP contribution in [0.2, 0.25) is 5.02 Å². The van der Waals surface area contributed by atoms with Crippen molar-refractivity contribution in [3.8, 4) is 0 Å². The normalized spacial score (nSPS) is 12.9. The van der Waals surface area contributed by atoms with Gasteiger partial charge in [0.25, 0.3) is 0 Å². The Bertz CT molecular complexity index is 305. The van der Waals surface area contributed by atoms with Crippen LogP contribution in [0.1, 0.15) is 31.4 Å². The molecule has 0 heterocycles. The lowest BCUT2D eigenvalue weighted by Gasteiger charge is -2.12. The number of anilines is 1. The highest BCUT2D eigenvalue weighted by molar-refractivity contribution is 6.33. The van der Waals surface area contributed by atoms with Crippen molar-refractivity contribution >= 4 is 17.3 Å². The third-order valence-electron chi connectivity index (χ3n) is 2.13. The van der Waals surface area contributed by atoms with Crippen LogP contribution >= 0.6 is 11.6 Å². The first-order valence-corrected chi connectivity index (χ1v) is 4.94. The van der Waals surface area contributed by atoms with Crippen LogP contribution in [-0.4, -0.2) is 0 Å². The first kappa shape index (κ1) is 11.3. The van der Waals surface area contributed by atoms with Gasteiger partial charge in [0, 0.05) is 6.04 Å². The summed E-state index contributed by atoms with van der Waals surface area (Å²) in [5.41, 5.74) is 11.9. The molecule has 14 heavy (non-hydrogen) atoms. The van der Waals surface area contributed by atoms with Crippen molar-refractivity contribution in [2.75, 3.05) is 5.73 Å². The monoisotopic (exact) mass is 216 g/mol. The SMILES string of the molecule is CCC[C@H](N)c1cc(F)c(N)c(Cl)c1. The minimum Gasteiger partial charge on any atom is -0.395 e. The van der Waals surface area contributed by atoms with E-state index in [4.69, 9.17) is 23.1 Å². The summed E-state index contributed by atoms with van der Waals surface area (Å²) in [4.78, 5) is 0. The molecule has 0 aromatic heterocycles. The second-order valence-electron chi connectivity index (χ2n) is 3.29. The molecular weight excluding hydrogens is 203 g/mol. The summed E-state index contributed by atoms with van der Waals surface area (Å²) >= 11 is 5.74. The Balaban J connectivity index is 3.00. The van der Waals surface area contributed by atoms with Crippen LogP contribution in [-0.2, 0) is 0 Å². The van der Waals surface area contributed by atoms with Gasteiger partial charge < -0.3 is 11.5 Å². The van der Waals surface area contributed by atoms with Crippen LogP contribution in [0.15, 0.2) is 12.1 Å². The molecule has 0 aliphatic carbocycles. The average Bonchev–Trinajstić information content (AvgIpc) is 2.13. The summed E-state index contributed by atoms with van der Waals surface area (Å²) in [5.74, 6) is -0.501. The Morgan fingerprint density at radius 2 is 2.14 bits per heavy atom. The van der Waals surface area contributed by atoms with Gasteiger partial charge in [-0.2, -0.15) is 0 Å². The second-order valence-corrected chi connectivity index (χ2v) is 3.70. The first-order chi connectivity index (χ1) is 6.56.